The molecule has 2 aromatic rings. The molecular weight excluding hydrogens is 306 g/mol. The number of Topliss-reactive ketones (excluding diaryl/α,β-unsaturated/α-hetero) is 1. The Balaban J connectivity index is 1.65. The zero-order valence-corrected chi connectivity index (χ0v) is 13.7. The van der Waals surface area contributed by atoms with Gasteiger partial charge in [-0.2, -0.15) is 0 Å². The minimum atomic E-state index is -1.21. The van der Waals surface area contributed by atoms with E-state index in [0.717, 1.165) is 11.1 Å². The second-order valence-corrected chi connectivity index (χ2v) is 5.48. The van der Waals surface area contributed by atoms with Gasteiger partial charge in [0.15, 0.2) is 5.78 Å². The monoisotopic (exact) mass is 329 g/mol. The van der Waals surface area contributed by atoms with E-state index in [-0.39, 0.29) is 19.0 Å². The van der Waals surface area contributed by atoms with Gasteiger partial charge in [0.05, 0.1) is 19.3 Å². The summed E-state index contributed by atoms with van der Waals surface area (Å²) in [5.74, 6) is -0.145. The average molecular weight is 329 g/mol. The van der Waals surface area contributed by atoms with Gasteiger partial charge in [0.1, 0.15) is 6.61 Å². The Morgan fingerprint density at radius 2 is 1.54 bits per heavy atom. The van der Waals surface area contributed by atoms with Crippen LogP contribution in [0.25, 0.3) is 0 Å². The molecule has 2 aromatic carbocycles. The molecule has 0 aliphatic carbocycles. The Kier molecular flexibility index (Phi) is 7.58. The summed E-state index contributed by atoms with van der Waals surface area (Å²) in [5.41, 5.74) is 1.96. The number of aliphatic hydroxyl groups is 1. The number of carbonyl (C=O) groups is 1. The highest BCUT2D eigenvalue weighted by atomic mass is 16.6. The van der Waals surface area contributed by atoms with Gasteiger partial charge in [-0.3, -0.25) is 10.1 Å². The van der Waals surface area contributed by atoms with Gasteiger partial charge in [-0.15, -0.1) is 0 Å². The zero-order valence-electron chi connectivity index (χ0n) is 13.7. The number of hydrogen-bond acceptors (Lipinski definition) is 5. The van der Waals surface area contributed by atoms with Crippen LogP contribution in [0.2, 0.25) is 0 Å². The van der Waals surface area contributed by atoms with Crippen molar-refractivity contribution in [2.75, 3.05) is 6.61 Å². The molecule has 24 heavy (non-hydrogen) atoms. The van der Waals surface area contributed by atoms with E-state index in [1.54, 1.807) is 6.92 Å². The lowest BCUT2D eigenvalue weighted by atomic mass is 10.2. The van der Waals surface area contributed by atoms with Crippen LogP contribution in [0, 0.1) is 0 Å². The van der Waals surface area contributed by atoms with Crippen molar-refractivity contribution in [2.24, 2.45) is 0 Å². The lowest BCUT2D eigenvalue weighted by molar-refractivity contribution is -0.145. The van der Waals surface area contributed by atoms with Crippen LogP contribution >= 0.6 is 0 Å². The van der Waals surface area contributed by atoms with Crippen molar-refractivity contribution in [1.29, 1.82) is 0 Å². The second kappa shape index (κ2) is 9.95. The average Bonchev–Trinajstić information content (AvgIpc) is 2.61. The number of ether oxygens (including phenoxy) is 2. The number of rotatable bonds is 10. The van der Waals surface area contributed by atoms with E-state index in [9.17, 15) is 9.90 Å². The van der Waals surface area contributed by atoms with Crippen LogP contribution in [0.1, 0.15) is 18.1 Å². The van der Waals surface area contributed by atoms with Gasteiger partial charge in [-0.05, 0) is 18.1 Å². The van der Waals surface area contributed by atoms with E-state index in [2.05, 4.69) is 5.32 Å². The van der Waals surface area contributed by atoms with Crippen LogP contribution in [0.4, 0.5) is 0 Å². The summed E-state index contributed by atoms with van der Waals surface area (Å²) in [5, 5.41) is 12.5. The fourth-order valence-corrected chi connectivity index (χ4v) is 2.07. The van der Waals surface area contributed by atoms with Gasteiger partial charge in [-0.25, -0.2) is 0 Å². The maximum absolute atomic E-state index is 12.0. The summed E-state index contributed by atoms with van der Waals surface area (Å²) in [6, 6.07) is 18.6. The maximum Gasteiger partial charge on any atom is 0.214 e. The highest BCUT2D eigenvalue weighted by molar-refractivity contribution is 5.84. The van der Waals surface area contributed by atoms with E-state index < -0.39 is 12.5 Å². The fraction of sp³-hybridized carbons (Fsp3) is 0.316. The maximum atomic E-state index is 12.0. The first kappa shape index (κ1) is 18.3. The van der Waals surface area contributed by atoms with Gasteiger partial charge >= 0.3 is 0 Å². The summed E-state index contributed by atoms with van der Waals surface area (Å²) < 4.78 is 10.7. The van der Waals surface area contributed by atoms with E-state index in [1.807, 2.05) is 60.7 Å². The van der Waals surface area contributed by atoms with Crippen LogP contribution in [-0.2, 0) is 27.5 Å². The van der Waals surface area contributed by atoms with E-state index in [4.69, 9.17) is 9.47 Å². The summed E-state index contributed by atoms with van der Waals surface area (Å²) in [7, 11) is 0. The number of ketones is 1. The zero-order chi connectivity index (χ0) is 17.2. The molecule has 0 saturated heterocycles. The normalized spacial score (nSPS) is 13.4. The number of carbonyl (C=O) groups excluding carboxylic acids is 1. The second-order valence-electron chi connectivity index (χ2n) is 5.48. The van der Waals surface area contributed by atoms with Gasteiger partial charge < -0.3 is 14.6 Å². The summed E-state index contributed by atoms with van der Waals surface area (Å²) >= 11 is 0. The van der Waals surface area contributed by atoms with Crippen LogP contribution in [0.3, 0.4) is 0 Å². The standard InChI is InChI=1S/C19H23NO4/c1-15(18(21)14-23-12-16-8-4-2-5-9-16)20-19(22)24-13-17-10-6-3-7-11-17/h2-11,15,19-20,22H,12-14H2,1H3/t15-,19?/m0/s1. The predicted molar refractivity (Wildman–Crippen MR) is 90.9 cm³/mol. The molecule has 0 fully saturated rings. The number of aliphatic hydroxyl groups excluding tert-OH is 1. The minimum Gasteiger partial charge on any atom is -0.369 e. The molecular formula is C19H23NO4. The third-order valence-corrected chi connectivity index (χ3v) is 3.48. The largest absolute Gasteiger partial charge is 0.369 e. The third-order valence-electron chi connectivity index (χ3n) is 3.48. The molecule has 0 amide bonds. The molecule has 0 radical (unpaired) electrons. The molecule has 5 nitrogen and oxygen atoms in total. The predicted octanol–water partition coefficient (Wildman–Crippen LogP) is 2.24. The molecule has 5 heteroatoms. The first-order chi connectivity index (χ1) is 11.6. The van der Waals surface area contributed by atoms with Crippen LogP contribution in [0.5, 0.6) is 0 Å². The number of hydrogen-bond donors (Lipinski definition) is 2. The topological polar surface area (TPSA) is 67.8 Å². The molecule has 2 atom stereocenters. The van der Waals surface area contributed by atoms with Crippen molar-refractivity contribution < 1.29 is 19.4 Å². The molecule has 0 saturated carbocycles. The third kappa shape index (κ3) is 6.60. The van der Waals surface area contributed by atoms with Crippen LogP contribution < -0.4 is 5.32 Å². The van der Waals surface area contributed by atoms with Crippen molar-refractivity contribution in [2.45, 2.75) is 32.6 Å². The highest BCUT2D eigenvalue weighted by Crippen LogP contribution is 2.03. The number of nitrogens with one attached hydrogen (secondary N) is 1. The van der Waals surface area contributed by atoms with Crippen molar-refractivity contribution in [1.82, 2.24) is 5.32 Å². The molecule has 1 unspecified atom stereocenters. The summed E-state index contributed by atoms with van der Waals surface area (Å²) in [4.78, 5) is 12.0. The quantitative estimate of drug-likeness (QED) is 0.654. The Morgan fingerprint density at radius 1 is 1.00 bits per heavy atom. The highest BCUT2D eigenvalue weighted by Gasteiger charge is 2.16. The van der Waals surface area contributed by atoms with Crippen LogP contribution in [0.15, 0.2) is 60.7 Å². The van der Waals surface area contributed by atoms with E-state index in [1.165, 1.54) is 0 Å². The molecule has 0 spiro atoms. The number of benzene rings is 2. The molecule has 2 N–H and O–H groups in total. The molecule has 0 aliphatic heterocycles. The lowest BCUT2D eigenvalue weighted by Gasteiger charge is -2.18. The molecule has 0 bridgehead atoms. The van der Waals surface area contributed by atoms with Crippen molar-refractivity contribution in [3.05, 3.63) is 71.8 Å². The Labute approximate surface area is 142 Å². The van der Waals surface area contributed by atoms with E-state index in [0.29, 0.717) is 6.61 Å². The van der Waals surface area contributed by atoms with Crippen LogP contribution in [-0.4, -0.2) is 30.0 Å². The lowest BCUT2D eigenvalue weighted by Crippen LogP contribution is -2.44. The van der Waals surface area contributed by atoms with Crippen molar-refractivity contribution >= 4 is 5.78 Å². The Bertz CT molecular complexity index is 603. The van der Waals surface area contributed by atoms with Crippen molar-refractivity contribution in [3.8, 4) is 0 Å². The molecule has 0 aromatic heterocycles. The Hall–Kier alpha value is -2.05. The first-order valence-corrected chi connectivity index (χ1v) is 7.89. The molecule has 0 aliphatic rings. The van der Waals surface area contributed by atoms with Gasteiger partial charge in [0.2, 0.25) is 6.41 Å². The minimum absolute atomic E-state index is 0.0194. The molecule has 128 valence electrons. The summed E-state index contributed by atoms with van der Waals surface area (Å²) in [6.07, 6.45) is -1.21. The van der Waals surface area contributed by atoms with E-state index >= 15 is 0 Å². The Morgan fingerprint density at radius 3 is 2.12 bits per heavy atom. The smallest absolute Gasteiger partial charge is 0.214 e. The first-order valence-electron chi connectivity index (χ1n) is 7.89. The fourth-order valence-electron chi connectivity index (χ4n) is 2.07. The van der Waals surface area contributed by atoms with Gasteiger partial charge in [0, 0.05) is 0 Å². The molecule has 2 rings (SSSR count). The van der Waals surface area contributed by atoms with Crippen molar-refractivity contribution in [3.63, 3.8) is 0 Å². The SMILES string of the molecule is C[C@H](NC(O)OCc1ccccc1)C(=O)COCc1ccccc1. The van der Waals surface area contributed by atoms with Gasteiger partial charge in [0.25, 0.3) is 0 Å². The van der Waals surface area contributed by atoms with Gasteiger partial charge in [-0.1, -0.05) is 60.7 Å². The molecule has 0 heterocycles. The summed E-state index contributed by atoms with van der Waals surface area (Å²) in [6.45, 7) is 2.30.